The summed E-state index contributed by atoms with van der Waals surface area (Å²) in [6, 6.07) is 21.8. The summed E-state index contributed by atoms with van der Waals surface area (Å²) >= 11 is 0. The minimum Gasteiger partial charge on any atom is -0.507 e. The average molecular weight is 481 g/mol. The molecule has 8 heteroatoms. The largest absolute Gasteiger partial charge is 0.507 e. The van der Waals surface area contributed by atoms with Crippen LogP contribution in [0.15, 0.2) is 83.0 Å². The van der Waals surface area contributed by atoms with Gasteiger partial charge in [0.2, 0.25) is 0 Å². The molecule has 0 spiro atoms. The monoisotopic (exact) mass is 480 g/mol. The summed E-state index contributed by atoms with van der Waals surface area (Å²) in [6.07, 6.45) is 4.22. The molecule has 4 aromatic carbocycles. The van der Waals surface area contributed by atoms with E-state index in [0.717, 1.165) is 28.0 Å². The van der Waals surface area contributed by atoms with Crippen LogP contribution in [0.4, 0.5) is 0 Å². The van der Waals surface area contributed by atoms with Gasteiger partial charge in [-0.2, -0.15) is 10.2 Å². The molecule has 0 radical (unpaired) electrons. The smallest absolute Gasteiger partial charge is 0.255 e. The Morgan fingerprint density at radius 1 is 0.694 bits per heavy atom. The number of nitrogens with one attached hydrogen (secondary N) is 2. The molecule has 4 N–H and O–H groups in total. The number of amides is 2. The van der Waals surface area contributed by atoms with Crippen LogP contribution in [0.25, 0.3) is 21.5 Å². The first kappa shape index (κ1) is 23.0. The first-order valence-electron chi connectivity index (χ1n) is 11.6. The predicted octanol–water partition coefficient (Wildman–Crippen LogP) is 4.17. The van der Waals surface area contributed by atoms with Crippen molar-refractivity contribution in [1.82, 2.24) is 10.9 Å². The third-order valence-corrected chi connectivity index (χ3v) is 6.69. The summed E-state index contributed by atoms with van der Waals surface area (Å²) < 4.78 is 0. The molecule has 0 aliphatic heterocycles. The van der Waals surface area contributed by atoms with Gasteiger partial charge in [0.1, 0.15) is 16.9 Å². The molecular weight excluding hydrogens is 456 g/mol. The zero-order chi connectivity index (χ0) is 25.1. The molecule has 0 bridgehead atoms. The normalized spacial score (nSPS) is 14.8. The topological polar surface area (TPSA) is 123 Å². The Morgan fingerprint density at radius 3 is 1.56 bits per heavy atom. The number of carbonyl (C=O) groups excluding carboxylic acids is 2. The highest BCUT2D eigenvalue weighted by molar-refractivity contribution is 6.08. The van der Waals surface area contributed by atoms with Gasteiger partial charge in [-0.1, -0.05) is 67.1 Å². The third-order valence-electron chi connectivity index (χ3n) is 6.69. The second-order valence-electron chi connectivity index (χ2n) is 8.77. The highest BCUT2D eigenvalue weighted by atomic mass is 16.3. The fourth-order valence-electron chi connectivity index (χ4n) is 4.45. The molecule has 1 aliphatic rings. The molecule has 1 fully saturated rings. The Hall–Kier alpha value is -4.72. The molecule has 2 amide bonds. The van der Waals surface area contributed by atoms with Gasteiger partial charge in [-0.05, 0) is 46.5 Å². The van der Waals surface area contributed by atoms with Gasteiger partial charge >= 0.3 is 0 Å². The molecule has 0 unspecified atom stereocenters. The number of nitrogens with zero attached hydrogens (tertiary/aromatic N) is 2. The van der Waals surface area contributed by atoms with Gasteiger partial charge in [0.25, 0.3) is 11.8 Å². The minimum atomic E-state index is -1.28. The number of phenols is 2. The van der Waals surface area contributed by atoms with Crippen LogP contribution in [0.1, 0.15) is 30.4 Å². The van der Waals surface area contributed by atoms with Crippen molar-refractivity contribution in [2.75, 3.05) is 0 Å². The Kier molecular flexibility index (Phi) is 6.08. The summed E-state index contributed by atoms with van der Waals surface area (Å²) in [5.41, 5.74) is 4.57. The van der Waals surface area contributed by atoms with Crippen LogP contribution in [-0.4, -0.2) is 34.5 Å². The predicted molar refractivity (Wildman–Crippen MR) is 139 cm³/mol. The maximum atomic E-state index is 12.9. The molecule has 0 heterocycles. The van der Waals surface area contributed by atoms with Crippen LogP contribution in [-0.2, 0) is 9.59 Å². The van der Waals surface area contributed by atoms with Crippen LogP contribution < -0.4 is 10.9 Å². The number of hydrogen-bond donors (Lipinski definition) is 4. The number of benzene rings is 4. The lowest BCUT2D eigenvalue weighted by Gasteiger charge is -2.36. The number of carbonyl (C=O) groups is 2. The lowest BCUT2D eigenvalue weighted by molar-refractivity contribution is -0.149. The van der Waals surface area contributed by atoms with Crippen molar-refractivity contribution in [2.24, 2.45) is 15.6 Å². The Morgan fingerprint density at radius 2 is 1.14 bits per heavy atom. The molecule has 180 valence electrons. The first-order valence-corrected chi connectivity index (χ1v) is 11.6. The fraction of sp³-hybridized carbons (Fsp3) is 0.143. The first-order chi connectivity index (χ1) is 17.5. The van der Waals surface area contributed by atoms with E-state index in [-0.39, 0.29) is 11.5 Å². The molecule has 1 aliphatic carbocycles. The number of phenolic OH excluding ortho intramolecular Hbond substituents is 2. The van der Waals surface area contributed by atoms with Gasteiger partial charge in [-0.25, -0.2) is 10.9 Å². The second kappa shape index (κ2) is 9.50. The van der Waals surface area contributed by atoms with Crippen LogP contribution >= 0.6 is 0 Å². The number of hydrazone groups is 2. The van der Waals surface area contributed by atoms with Gasteiger partial charge < -0.3 is 10.2 Å². The molecule has 8 nitrogen and oxygen atoms in total. The highest BCUT2D eigenvalue weighted by Crippen LogP contribution is 2.41. The van der Waals surface area contributed by atoms with E-state index in [1.807, 2.05) is 48.5 Å². The highest BCUT2D eigenvalue weighted by Gasteiger charge is 2.51. The van der Waals surface area contributed by atoms with Crippen LogP contribution in [0.3, 0.4) is 0 Å². The summed E-state index contributed by atoms with van der Waals surface area (Å²) in [5.74, 6) is -1.00. The number of fused-ring (bicyclic) bond motifs is 2. The van der Waals surface area contributed by atoms with Crippen molar-refractivity contribution < 1.29 is 19.8 Å². The molecule has 0 atom stereocenters. The Bertz CT molecular complexity index is 1430. The quantitative estimate of drug-likeness (QED) is 0.188. The van der Waals surface area contributed by atoms with Crippen molar-refractivity contribution in [2.45, 2.75) is 19.3 Å². The standard InChI is InChI=1S/C28H24N4O4/c33-24-12-10-18-6-1-3-8-20(18)22(24)16-29-31-26(35)28(14-5-15-28)27(36)32-30-17-23-21-9-4-2-7-19(21)11-13-25(23)34/h1-4,6-13,16-17,33-34H,5,14-15H2,(H,31,35)(H,32,36)/b29-16+,30-17+. The summed E-state index contributed by atoms with van der Waals surface area (Å²) in [5, 5.41) is 32.0. The lowest BCUT2D eigenvalue weighted by Crippen LogP contribution is -2.53. The molecule has 5 rings (SSSR count). The van der Waals surface area contributed by atoms with Gasteiger partial charge in [0, 0.05) is 11.1 Å². The molecule has 4 aromatic rings. The fourth-order valence-corrected chi connectivity index (χ4v) is 4.45. The van der Waals surface area contributed by atoms with Crippen LogP contribution in [0.2, 0.25) is 0 Å². The maximum Gasteiger partial charge on any atom is 0.255 e. The van der Waals surface area contributed by atoms with E-state index in [4.69, 9.17) is 0 Å². The van der Waals surface area contributed by atoms with E-state index >= 15 is 0 Å². The van der Waals surface area contributed by atoms with Crippen molar-refractivity contribution in [3.63, 3.8) is 0 Å². The SMILES string of the molecule is O=C(N/N=C/c1c(O)ccc2ccccc12)C1(C(=O)N/N=C/c2c(O)ccc3ccccc23)CCC1. The minimum absolute atomic E-state index is 0.0359. The second-order valence-corrected chi connectivity index (χ2v) is 8.77. The number of hydrogen-bond acceptors (Lipinski definition) is 6. The van der Waals surface area contributed by atoms with E-state index < -0.39 is 17.2 Å². The summed E-state index contributed by atoms with van der Waals surface area (Å²) in [7, 11) is 0. The van der Waals surface area contributed by atoms with Gasteiger partial charge in [0.05, 0.1) is 12.4 Å². The molecule has 1 saturated carbocycles. The van der Waals surface area contributed by atoms with Crippen molar-refractivity contribution in [3.05, 3.63) is 83.9 Å². The number of aromatic hydroxyl groups is 2. The Balaban J connectivity index is 1.30. The third kappa shape index (κ3) is 4.13. The zero-order valence-corrected chi connectivity index (χ0v) is 19.3. The van der Waals surface area contributed by atoms with Gasteiger partial charge in [-0.15, -0.1) is 0 Å². The number of rotatable bonds is 6. The molecular formula is C28H24N4O4. The zero-order valence-electron chi connectivity index (χ0n) is 19.3. The van der Waals surface area contributed by atoms with E-state index in [1.165, 1.54) is 12.4 Å². The van der Waals surface area contributed by atoms with E-state index in [1.54, 1.807) is 24.3 Å². The van der Waals surface area contributed by atoms with Gasteiger partial charge in [-0.3, -0.25) is 9.59 Å². The van der Waals surface area contributed by atoms with Crippen LogP contribution in [0, 0.1) is 5.41 Å². The Labute approximate surface area is 207 Å². The van der Waals surface area contributed by atoms with Crippen molar-refractivity contribution in [3.8, 4) is 11.5 Å². The summed E-state index contributed by atoms with van der Waals surface area (Å²) in [4.78, 5) is 25.9. The average Bonchev–Trinajstić information content (AvgIpc) is 2.86. The van der Waals surface area contributed by atoms with Crippen molar-refractivity contribution >= 4 is 45.8 Å². The lowest BCUT2D eigenvalue weighted by atomic mass is 9.67. The van der Waals surface area contributed by atoms with E-state index in [2.05, 4.69) is 21.1 Å². The maximum absolute atomic E-state index is 12.9. The molecule has 0 saturated heterocycles. The van der Waals surface area contributed by atoms with Gasteiger partial charge in [0.15, 0.2) is 0 Å². The molecule has 0 aromatic heterocycles. The van der Waals surface area contributed by atoms with Crippen molar-refractivity contribution in [1.29, 1.82) is 0 Å². The van der Waals surface area contributed by atoms with E-state index in [9.17, 15) is 19.8 Å². The summed E-state index contributed by atoms with van der Waals surface area (Å²) in [6.45, 7) is 0. The molecule has 36 heavy (non-hydrogen) atoms. The van der Waals surface area contributed by atoms with Crippen LogP contribution in [0.5, 0.6) is 11.5 Å². The van der Waals surface area contributed by atoms with E-state index in [0.29, 0.717) is 24.0 Å².